The van der Waals surface area contributed by atoms with Crippen molar-refractivity contribution in [3.05, 3.63) is 68.1 Å². The highest BCUT2D eigenvalue weighted by Gasteiger charge is 2.11. The van der Waals surface area contributed by atoms with E-state index >= 15 is 0 Å². The average molecular weight is 359 g/mol. The molecule has 2 rings (SSSR count). The normalized spacial score (nSPS) is 12.4. The number of hydrogen-bond acceptors (Lipinski definition) is 1. The molecular formula is C15H14BrCl2N. The van der Waals surface area contributed by atoms with E-state index in [-0.39, 0.29) is 6.04 Å². The van der Waals surface area contributed by atoms with E-state index in [2.05, 4.69) is 27.3 Å². The summed E-state index contributed by atoms with van der Waals surface area (Å²) in [7, 11) is 1.96. The molecule has 0 radical (unpaired) electrons. The minimum absolute atomic E-state index is 0.229. The lowest BCUT2D eigenvalue weighted by Crippen LogP contribution is -2.18. The second-order valence-corrected chi connectivity index (χ2v) is 6.05. The molecule has 0 saturated carbocycles. The van der Waals surface area contributed by atoms with E-state index in [9.17, 15) is 0 Å². The maximum atomic E-state index is 6.02. The maximum absolute atomic E-state index is 6.02. The molecule has 0 aliphatic heterocycles. The largest absolute Gasteiger partial charge is 0.313 e. The molecule has 0 spiro atoms. The fourth-order valence-corrected chi connectivity index (χ4v) is 2.74. The van der Waals surface area contributed by atoms with Crippen LogP contribution in [0.4, 0.5) is 0 Å². The number of benzene rings is 2. The highest BCUT2D eigenvalue weighted by Crippen LogP contribution is 2.27. The summed E-state index contributed by atoms with van der Waals surface area (Å²) in [5.41, 5.74) is 2.40. The van der Waals surface area contributed by atoms with E-state index < -0.39 is 0 Å². The van der Waals surface area contributed by atoms with Gasteiger partial charge in [0.25, 0.3) is 0 Å². The molecule has 0 heterocycles. The topological polar surface area (TPSA) is 12.0 Å². The molecule has 2 aromatic rings. The minimum atomic E-state index is 0.229. The van der Waals surface area contributed by atoms with Gasteiger partial charge in [-0.2, -0.15) is 0 Å². The molecule has 0 amide bonds. The van der Waals surface area contributed by atoms with Crippen LogP contribution >= 0.6 is 39.1 Å². The van der Waals surface area contributed by atoms with Crippen molar-refractivity contribution in [2.75, 3.05) is 7.05 Å². The average Bonchev–Trinajstić information content (AvgIpc) is 2.39. The lowest BCUT2D eigenvalue weighted by molar-refractivity contribution is 0.592. The third-order valence-corrected chi connectivity index (χ3v) is 4.47. The van der Waals surface area contributed by atoms with Crippen LogP contribution < -0.4 is 5.32 Å². The van der Waals surface area contributed by atoms with Crippen molar-refractivity contribution in [3.63, 3.8) is 0 Å². The lowest BCUT2D eigenvalue weighted by Gasteiger charge is -2.17. The van der Waals surface area contributed by atoms with Gasteiger partial charge >= 0.3 is 0 Å². The molecule has 100 valence electrons. The number of rotatable bonds is 4. The summed E-state index contributed by atoms with van der Waals surface area (Å²) in [6.45, 7) is 0. The summed E-state index contributed by atoms with van der Waals surface area (Å²) in [4.78, 5) is 0. The first-order valence-corrected chi connectivity index (χ1v) is 7.51. The number of hydrogen-bond donors (Lipinski definition) is 1. The summed E-state index contributed by atoms with van der Waals surface area (Å²) < 4.78 is 0.915. The fourth-order valence-electron chi connectivity index (χ4n) is 2.02. The van der Waals surface area contributed by atoms with Gasteiger partial charge in [-0.15, -0.1) is 0 Å². The zero-order valence-corrected chi connectivity index (χ0v) is 13.6. The Labute approximate surface area is 132 Å². The van der Waals surface area contributed by atoms with Gasteiger partial charge in [0.05, 0.1) is 5.02 Å². The van der Waals surface area contributed by atoms with E-state index in [1.807, 2.05) is 43.4 Å². The number of likely N-dealkylation sites (N-methyl/N-ethyl adjacent to an activating group) is 1. The highest BCUT2D eigenvalue weighted by atomic mass is 79.9. The monoisotopic (exact) mass is 357 g/mol. The minimum Gasteiger partial charge on any atom is -0.313 e. The first-order chi connectivity index (χ1) is 9.10. The molecule has 4 heteroatoms. The molecule has 0 bridgehead atoms. The van der Waals surface area contributed by atoms with Crippen LogP contribution in [0.5, 0.6) is 0 Å². The van der Waals surface area contributed by atoms with Crippen LogP contribution in [0.25, 0.3) is 0 Å². The number of halogens is 3. The van der Waals surface area contributed by atoms with E-state index in [0.717, 1.165) is 20.9 Å². The smallest absolute Gasteiger partial charge is 0.0548 e. The second kappa shape index (κ2) is 6.76. The zero-order valence-electron chi connectivity index (χ0n) is 10.5. The summed E-state index contributed by atoms with van der Waals surface area (Å²) in [6, 6.07) is 14.2. The molecule has 0 aliphatic carbocycles. The van der Waals surface area contributed by atoms with Crippen LogP contribution in [0, 0.1) is 0 Å². The first-order valence-electron chi connectivity index (χ1n) is 5.97. The van der Waals surface area contributed by atoms with Gasteiger partial charge in [0.2, 0.25) is 0 Å². The van der Waals surface area contributed by atoms with Crippen molar-refractivity contribution < 1.29 is 0 Å². The van der Waals surface area contributed by atoms with Crippen molar-refractivity contribution >= 4 is 39.1 Å². The Morgan fingerprint density at radius 3 is 2.58 bits per heavy atom. The molecule has 0 saturated heterocycles. The molecule has 0 aliphatic rings. The van der Waals surface area contributed by atoms with Gasteiger partial charge in [-0.05, 0) is 64.8 Å². The lowest BCUT2D eigenvalue weighted by atomic mass is 9.99. The molecule has 2 aromatic carbocycles. The summed E-state index contributed by atoms with van der Waals surface area (Å²) >= 11 is 15.5. The Kier molecular flexibility index (Phi) is 5.28. The third-order valence-electron chi connectivity index (χ3n) is 3.02. The Morgan fingerprint density at radius 2 is 1.95 bits per heavy atom. The quantitative estimate of drug-likeness (QED) is 0.786. The molecular weight excluding hydrogens is 345 g/mol. The Hall–Kier alpha value is -0.540. The summed E-state index contributed by atoms with van der Waals surface area (Å²) in [5.74, 6) is 0. The van der Waals surface area contributed by atoms with Crippen molar-refractivity contribution in [1.82, 2.24) is 5.32 Å². The Bertz CT molecular complexity index is 572. The molecule has 0 aromatic heterocycles. The van der Waals surface area contributed by atoms with E-state index in [1.165, 1.54) is 11.1 Å². The number of nitrogens with one attached hydrogen (secondary N) is 1. The van der Waals surface area contributed by atoms with Gasteiger partial charge in [0, 0.05) is 15.5 Å². The van der Waals surface area contributed by atoms with Gasteiger partial charge < -0.3 is 5.32 Å². The van der Waals surface area contributed by atoms with E-state index in [0.29, 0.717) is 0 Å². The summed E-state index contributed by atoms with van der Waals surface area (Å²) in [5, 5.41) is 4.82. The van der Waals surface area contributed by atoms with Gasteiger partial charge in [-0.3, -0.25) is 0 Å². The Balaban J connectivity index is 2.22. The Morgan fingerprint density at radius 1 is 1.16 bits per heavy atom. The fraction of sp³-hybridized carbons (Fsp3) is 0.200. The molecule has 19 heavy (non-hydrogen) atoms. The third kappa shape index (κ3) is 3.96. The zero-order chi connectivity index (χ0) is 13.8. The second-order valence-electron chi connectivity index (χ2n) is 4.35. The van der Waals surface area contributed by atoms with Gasteiger partial charge in [0.15, 0.2) is 0 Å². The van der Waals surface area contributed by atoms with Crippen LogP contribution in [-0.2, 0) is 6.42 Å². The van der Waals surface area contributed by atoms with Crippen molar-refractivity contribution in [2.24, 2.45) is 0 Å². The van der Waals surface area contributed by atoms with Crippen LogP contribution in [0.2, 0.25) is 10.0 Å². The van der Waals surface area contributed by atoms with Crippen LogP contribution in [0.15, 0.2) is 46.9 Å². The molecule has 1 N–H and O–H groups in total. The van der Waals surface area contributed by atoms with Gasteiger partial charge in [-0.25, -0.2) is 0 Å². The van der Waals surface area contributed by atoms with Crippen LogP contribution in [-0.4, -0.2) is 7.05 Å². The van der Waals surface area contributed by atoms with E-state index in [1.54, 1.807) is 0 Å². The molecule has 1 atom stereocenters. The van der Waals surface area contributed by atoms with Crippen molar-refractivity contribution in [2.45, 2.75) is 12.5 Å². The standard InChI is InChI=1S/C15H14BrCl2N/c1-19-15(8-10-3-2-4-12(17)7-10)11-5-6-14(18)13(16)9-11/h2-7,9,15,19H,8H2,1H3. The first kappa shape index (κ1) is 14.9. The molecule has 1 unspecified atom stereocenters. The maximum Gasteiger partial charge on any atom is 0.0548 e. The molecule has 0 fully saturated rings. The highest BCUT2D eigenvalue weighted by molar-refractivity contribution is 9.10. The van der Waals surface area contributed by atoms with E-state index in [4.69, 9.17) is 23.2 Å². The molecule has 1 nitrogen and oxygen atoms in total. The van der Waals surface area contributed by atoms with Crippen LogP contribution in [0.3, 0.4) is 0 Å². The van der Waals surface area contributed by atoms with Gasteiger partial charge in [0.1, 0.15) is 0 Å². The van der Waals surface area contributed by atoms with Gasteiger partial charge in [-0.1, -0.05) is 41.4 Å². The van der Waals surface area contributed by atoms with Crippen LogP contribution in [0.1, 0.15) is 17.2 Å². The summed E-state index contributed by atoms with van der Waals surface area (Å²) in [6.07, 6.45) is 0.880. The SMILES string of the molecule is CNC(Cc1cccc(Cl)c1)c1ccc(Cl)c(Br)c1. The predicted octanol–water partition coefficient (Wildman–Crippen LogP) is 5.26. The van der Waals surface area contributed by atoms with Crippen molar-refractivity contribution in [3.8, 4) is 0 Å². The predicted molar refractivity (Wildman–Crippen MR) is 86.1 cm³/mol. The van der Waals surface area contributed by atoms with Crippen molar-refractivity contribution in [1.29, 1.82) is 0 Å².